The summed E-state index contributed by atoms with van der Waals surface area (Å²) in [5.74, 6) is 1.07. The first-order chi connectivity index (χ1) is 9.47. The molecule has 0 saturated heterocycles. The van der Waals surface area contributed by atoms with Crippen LogP contribution in [0.15, 0.2) is 30.7 Å². The number of carbonyl (C=O) groups is 1. The van der Waals surface area contributed by atoms with E-state index in [0.717, 1.165) is 11.6 Å². The number of nitrogens with zero attached hydrogens (tertiary/aromatic N) is 3. The number of aryl methyl sites for hydroxylation is 1. The van der Waals surface area contributed by atoms with Gasteiger partial charge < -0.3 is 5.32 Å². The average molecular weight is 311 g/mol. The number of carbonyl (C=O) groups excluding carboxylic acids is 1. The molecule has 0 aliphatic heterocycles. The molecule has 1 amide bonds. The number of pyridine rings is 1. The van der Waals surface area contributed by atoms with Gasteiger partial charge in [-0.2, -0.15) is 0 Å². The Kier molecular flexibility index (Phi) is 3.18. The van der Waals surface area contributed by atoms with Gasteiger partial charge in [0.25, 0.3) is 0 Å². The maximum Gasteiger partial charge on any atom is 0.230 e. The van der Waals surface area contributed by atoms with E-state index in [-0.39, 0.29) is 11.8 Å². The van der Waals surface area contributed by atoms with Gasteiger partial charge in [0.05, 0.1) is 17.8 Å². The topological polar surface area (TPSA) is 59.8 Å². The molecule has 7 heteroatoms. The summed E-state index contributed by atoms with van der Waals surface area (Å²) in [4.78, 5) is 20.3. The van der Waals surface area contributed by atoms with Crippen molar-refractivity contribution in [1.29, 1.82) is 0 Å². The van der Waals surface area contributed by atoms with E-state index in [0.29, 0.717) is 12.1 Å². The fourth-order valence-corrected chi connectivity index (χ4v) is 2.46. The first-order valence-corrected chi connectivity index (χ1v) is 6.88. The maximum absolute atomic E-state index is 11.8. The highest BCUT2D eigenvalue weighted by molar-refractivity contribution is 6.52. The second-order valence-electron chi connectivity index (χ2n) is 4.76. The summed E-state index contributed by atoms with van der Waals surface area (Å²) in [5, 5.41) is 2.75. The van der Waals surface area contributed by atoms with Crippen LogP contribution in [0.5, 0.6) is 0 Å². The number of hydrogen-bond acceptors (Lipinski definition) is 3. The van der Waals surface area contributed by atoms with Crippen molar-refractivity contribution in [3.8, 4) is 5.82 Å². The Hall–Kier alpha value is -1.59. The van der Waals surface area contributed by atoms with E-state index < -0.39 is 4.33 Å². The standard InChI is InChI=1S/C13H12Cl2N4O/c1-8-16-4-5-19(8)11-3-2-9(7-17-11)18-12(20)10-6-13(10,14)15/h2-5,7,10H,6H2,1H3,(H,18,20). The van der Waals surface area contributed by atoms with E-state index in [1.807, 2.05) is 23.8 Å². The molecule has 104 valence electrons. The van der Waals surface area contributed by atoms with E-state index in [1.165, 1.54) is 0 Å². The number of nitrogens with one attached hydrogen (secondary N) is 1. The fourth-order valence-electron chi connectivity index (χ4n) is 1.95. The highest BCUT2D eigenvalue weighted by Crippen LogP contribution is 2.53. The van der Waals surface area contributed by atoms with Crippen molar-refractivity contribution in [2.45, 2.75) is 17.7 Å². The van der Waals surface area contributed by atoms with Gasteiger partial charge in [0.2, 0.25) is 5.91 Å². The van der Waals surface area contributed by atoms with Crippen LogP contribution in [0.2, 0.25) is 0 Å². The van der Waals surface area contributed by atoms with Gasteiger partial charge in [-0.1, -0.05) is 0 Å². The molecule has 20 heavy (non-hydrogen) atoms. The summed E-state index contributed by atoms with van der Waals surface area (Å²) in [6.45, 7) is 1.89. The molecule has 1 unspecified atom stereocenters. The quantitative estimate of drug-likeness (QED) is 0.887. The largest absolute Gasteiger partial charge is 0.324 e. The van der Waals surface area contributed by atoms with Crippen LogP contribution >= 0.6 is 23.2 Å². The van der Waals surface area contributed by atoms with Crippen LogP contribution in [0.25, 0.3) is 5.82 Å². The lowest BCUT2D eigenvalue weighted by Gasteiger charge is -2.07. The van der Waals surface area contributed by atoms with Crippen LogP contribution in [0, 0.1) is 12.8 Å². The van der Waals surface area contributed by atoms with E-state index in [1.54, 1.807) is 18.5 Å². The Morgan fingerprint density at radius 3 is 2.70 bits per heavy atom. The van der Waals surface area contributed by atoms with Crippen molar-refractivity contribution in [3.05, 3.63) is 36.5 Å². The zero-order valence-electron chi connectivity index (χ0n) is 10.7. The SMILES string of the molecule is Cc1nccn1-c1ccc(NC(=O)C2CC2(Cl)Cl)cn1. The summed E-state index contributed by atoms with van der Waals surface area (Å²) in [6.07, 6.45) is 5.62. The van der Waals surface area contributed by atoms with E-state index >= 15 is 0 Å². The number of anilines is 1. The van der Waals surface area contributed by atoms with Crippen LogP contribution in [0.4, 0.5) is 5.69 Å². The average Bonchev–Trinajstić information content (AvgIpc) is 2.84. The van der Waals surface area contributed by atoms with E-state index in [9.17, 15) is 4.79 Å². The van der Waals surface area contributed by atoms with Gasteiger partial charge in [-0.15, -0.1) is 23.2 Å². The summed E-state index contributed by atoms with van der Waals surface area (Å²) >= 11 is 11.7. The zero-order chi connectivity index (χ0) is 14.3. The van der Waals surface area contributed by atoms with Crippen molar-refractivity contribution in [2.24, 2.45) is 5.92 Å². The summed E-state index contributed by atoms with van der Waals surface area (Å²) in [6, 6.07) is 3.60. The molecule has 1 aliphatic rings. The lowest BCUT2D eigenvalue weighted by molar-refractivity contribution is -0.117. The predicted molar refractivity (Wildman–Crippen MR) is 77.3 cm³/mol. The molecule has 0 aromatic carbocycles. The Labute approximate surface area is 125 Å². The molecule has 0 spiro atoms. The minimum absolute atomic E-state index is 0.177. The highest BCUT2D eigenvalue weighted by Gasteiger charge is 2.56. The number of rotatable bonds is 3. The first-order valence-electron chi connectivity index (χ1n) is 6.12. The monoisotopic (exact) mass is 310 g/mol. The van der Waals surface area contributed by atoms with Gasteiger partial charge in [0.15, 0.2) is 0 Å². The maximum atomic E-state index is 11.8. The van der Waals surface area contributed by atoms with Gasteiger partial charge in [-0.25, -0.2) is 9.97 Å². The second kappa shape index (κ2) is 4.75. The Morgan fingerprint density at radius 2 is 2.20 bits per heavy atom. The molecular formula is C13H12Cl2N4O. The van der Waals surface area contributed by atoms with Crippen molar-refractivity contribution in [2.75, 3.05) is 5.32 Å². The smallest absolute Gasteiger partial charge is 0.230 e. The summed E-state index contributed by atoms with van der Waals surface area (Å²) < 4.78 is 0.945. The van der Waals surface area contributed by atoms with Gasteiger partial charge in [0, 0.05) is 12.4 Å². The molecule has 5 nitrogen and oxygen atoms in total. The Balaban J connectivity index is 1.71. The van der Waals surface area contributed by atoms with Gasteiger partial charge in [-0.3, -0.25) is 9.36 Å². The number of aromatic nitrogens is 3. The van der Waals surface area contributed by atoms with Gasteiger partial charge in [-0.05, 0) is 25.5 Å². The van der Waals surface area contributed by atoms with Crippen LogP contribution in [-0.4, -0.2) is 24.8 Å². The number of halogens is 2. The third kappa shape index (κ3) is 2.51. The molecule has 3 rings (SSSR count). The molecule has 1 saturated carbocycles. The molecule has 1 atom stereocenters. The Bertz CT molecular complexity index is 651. The number of imidazole rings is 1. The summed E-state index contributed by atoms with van der Waals surface area (Å²) in [5.41, 5.74) is 0.618. The molecule has 0 radical (unpaired) electrons. The first kappa shape index (κ1) is 13.4. The third-order valence-electron chi connectivity index (χ3n) is 3.23. The van der Waals surface area contributed by atoms with Crippen molar-refractivity contribution in [3.63, 3.8) is 0 Å². The molecule has 0 bridgehead atoms. The minimum atomic E-state index is -0.911. The lowest BCUT2D eigenvalue weighted by Crippen LogP contribution is -2.17. The predicted octanol–water partition coefficient (Wildman–Crippen LogP) is 2.71. The van der Waals surface area contributed by atoms with E-state index in [2.05, 4.69) is 15.3 Å². The van der Waals surface area contributed by atoms with Gasteiger partial charge >= 0.3 is 0 Å². The third-order valence-corrected chi connectivity index (χ3v) is 4.07. The molecule has 2 aromatic heterocycles. The van der Waals surface area contributed by atoms with Crippen LogP contribution in [0.1, 0.15) is 12.2 Å². The van der Waals surface area contributed by atoms with Crippen molar-refractivity contribution >= 4 is 34.8 Å². The highest BCUT2D eigenvalue weighted by atomic mass is 35.5. The zero-order valence-corrected chi connectivity index (χ0v) is 12.2. The summed E-state index contributed by atoms with van der Waals surface area (Å²) in [7, 11) is 0. The number of amides is 1. The molecule has 2 heterocycles. The van der Waals surface area contributed by atoms with Crippen LogP contribution < -0.4 is 5.32 Å². The minimum Gasteiger partial charge on any atom is -0.324 e. The second-order valence-corrected chi connectivity index (χ2v) is 6.30. The normalized spacial score (nSPS) is 19.6. The lowest BCUT2D eigenvalue weighted by atomic mass is 10.3. The number of alkyl halides is 2. The fraction of sp³-hybridized carbons (Fsp3) is 0.308. The van der Waals surface area contributed by atoms with Crippen molar-refractivity contribution in [1.82, 2.24) is 14.5 Å². The molecule has 2 aromatic rings. The van der Waals surface area contributed by atoms with Crippen LogP contribution in [-0.2, 0) is 4.79 Å². The molecular weight excluding hydrogens is 299 g/mol. The van der Waals surface area contributed by atoms with Gasteiger partial charge in [0.1, 0.15) is 16.0 Å². The Morgan fingerprint density at radius 1 is 1.45 bits per heavy atom. The number of hydrogen-bond donors (Lipinski definition) is 1. The molecule has 1 fully saturated rings. The molecule has 1 aliphatic carbocycles. The van der Waals surface area contributed by atoms with E-state index in [4.69, 9.17) is 23.2 Å². The molecule has 1 N–H and O–H groups in total. The van der Waals surface area contributed by atoms with Crippen LogP contribution in [0.3, 0.4) is 0 Å². The van der Waals surface area contributed by atoms with Crippen molar-refractivity contribution < 1.29 is 4.79 Å².